The van der Waals surface area contributed by atoms with Crippen LogP contribution in [0.5, 0.6) is 0 Å². The van der Waals surface area contributed by atoms with Crippen LogP contribution in [0.3, 0.4) is 0 Å². The maximum absolute atomic E-state index is 11.9. The normalized spacial score (nSPS) is 25.5. The minimum atomic E-state index is -0.969. The minimum absolute atomic E-state index is 0.243. The van der Waals surface area contributed by atoms with E-state index in [4.69, 9.17) is 15.2 Å². The first-order valence-electron chi connectivity index (χ1n) is 5.74. The molecule has 1 fully saturated rings. The SMILES string of the molecule is CC(OC(=O)C1(N)CCOC1)c1ccccc1. The van der Waals surface area contributed by atoms with Crippen molar-refractivity contribution in [1.82, 2.24) is 0 Å². The van der Waals surface area contributed by atoms with Crippen molar-refractivity contribution in [2.24, 2.45) is 5.73 Å². The largest absolute Gasteiger partial charge is 0.456 e. The summed E-state index contributed by atoms with van der Waals surface area (Å²) in [5.74, 6) is -0.383. The van der Waals surface area contributed by atoms with Gasteiger partial charge < -0.3 is 15.2 Å². The fourth-order valence-electron chi connectivity index (χ4n) is 1.81. The van der Waals surface area contributed by atoms with Crippen molar-refractivity contribution in [2.45, 2.75) is 25.0 Å². The molecule has 0 amide bonds. The van der Waals surface area contributed by atoms with Crippen LogP contribution in [-0.2, 0) is 14.3 Å². The maximum Gasteiger partial charge on any atom is 0.329 e. The molecule has 1 aliphatic rings. The summed E-state index contributed by atoms with van der Waals surface area (Å²) in [4.78, 5) is 11.9. The molecule has 2 N–H and O–H groups in total. The molecule has 0 bridgehead atoms. The number of esters is 1. The van der Waals surface area contributed by atoms with E-state index in [0.29, 0.717) is 13.0 Å². The third-order valence-corrected chi connectivity index (χ3v) is 3.01. The molecule has 17 heavy (non-hydrogen) atoms. The predicted molar refractivity (Wildman–Crippen MR) is 63.3 cm³/mol. The number of carbonyl (C=O) groups excluding carboxylic acids is 1. The summed E-state index contributed by atoms with van der Waals surface area (Å²) in [6.45, 7) is 2.60. The summed E-state index contributed by atoms with van der Waals surface area (Å²) in [6.07, 6.45) is 0.234. The lowest BCUT2D eigenvalue weighted by molar-refractivity contribution is -0.155. The van der Waals surface area contributed by atoms with Gasteiger partial charge in [0.2, 0.25) is 0 Å². The molecule has 0 saturated carbocycles. The van der Waals surface area contributed by atoms with Gasteiger partial charge in [0.15, 0.2) is 0 Å². The van der Waals surface area contributed by atoms with Crippen molar-refractivity contribution in [3.05, 3.63) is 35.9 Å². The first-order valence-corrected chi connectivity index (χ1v) is 5.74. The summed E-state index contributed by atoms with van der Waals surface area (Å²) >= 11 is 0. The van der Waals surface area contributed by atoms with Gasteiger partial charge in [-0.25, -0.2) is 4.79 Å². The van der Waals surface area contributed by atoms with E-state index < -0.39 is 5.54 Å². The molecule has 2 unspecified atom stereocenters. The van der Waals surface area contributed by atoms with Gasteiger partial charge in [0.25, 0.3) is 0 Å². The zero-order chi connectivity index (χ0) is 12.3. The molecule has 0 aliphatic carbocycles. The highest BCUT2D eigenvalue weighted by Gasteiger charge is 2.40. The summed E-state index contributed by atoms with van der Waals surface area (Å²) in [7, 11) is 0. The number of ether oxygens (including phenoxy) is 2. The second kappa shape index (κ2) is 4.85. The van der Waals surface area contributed by atoms with Crippen molar-refractivity contribution < 1.29 is 14.3 Å². The monoisotopic (exact) mass is 235 g/mol. The van der Waals surface area contributed by atoms with Crippen LogP contribution < -0.4 is 5.73 Å². The molecule has 0 spiro atoms. The van der Waals surface area contributed by atoms with Crippen molar-refractivity contribution >= 4 is 5.97 Å². The lowest BCUT2D eigenvalue weighted by atomic mass is 10.0. The van der Waals surface area contributed by atoms with Crippen molar-refractivity contribution in [3.8, 4) is 0 Å². The molecule has 1 aromatic rings. The molecule has 1 saturated heterocycles. The van der Waals surface area contributed by atoms with Gasteiger partial charge in [-0.1, -0.05) is 30.3 Å². The van der Waals surface area contributed by atoms with Crippen molar-refractivity contribution in [1.29, 1.82) is 0 Å². The molecule has 4 heteroatoms. The van der Waals surface area contributed by atoms with Gasteiger partial charge in [0.05, 0.1) is 6.61 Å². The molecular weight excluding hydrogens is 218 g/mol. The topological polar surface area (TPSA) is 61.5 Å². The molecule has 0 radical (unpaired) electrons. The van der Waals surface area contributed by atoms with E-state index in [1.807, 2.05) is 37.3 Å². The van der Waals surface area contributed by atoms with Crippen LogP contribution in [0, 0.1) is 0 Å². The van der Waals surface area contributed by atoms with Gasteiger partial charge >= 0.3 is 5.97 Å². The number of benzene rings is 1. The molecule has 0 aromatic heterocycles. The van der Waals surface area contributed by atoms with Gasteiger partial charge in [-0.15, -0.1) is 0 Å². The van der Waals surface area contributed by atoms with E-state index in [-0.39, 0.29) is 18.7 Å². The molecule has 92 valence electrons. The summed E-state index contributed by atoms with van der Waals surface area (Å²) < 4.78 is 10.5. The Balaban J connectivity index is 1.99. The highest BCUT2D eigenvalue weighted by Crippen LogP contribution is 2.22. The number of hydrogen-bond acceptors (Lipinski definition) is 4. The van der Waals surface area contributed by atoms with E-state index in [1.54, 1.807) is 0 Å². The molecule has 1 aromatic carbocycles. The Morgan fingerprint density at radius 2 is 2.18 bits per heavy atom. The smallest absolute Gasteiger partial charge is 0.329 e. The highest BCUT2D eigenvalue weighted by atomic mass is 16.6. The number of carbonyl (C=O) groups is 1. The Kier molecular flexibility index (Phi) is 3.45. The van der Waals surface area contributed by atoms with Gasteiger partial charge in [-0.3, -0.25) is 0 Å². The maximum atomic E-state index is 11.9. The fraction of sp³-hybridized carbons (Fsp3) is 0.462. The van der Waals surface area contributed by atoms with Crippen LogP contribution in [-0.4, -0.2) is 24.7 Å². The highest BCUT2D eigenvalue weighted by molar-refractivity contribution is 5.81. The van der Waals surface area contributed by atoms with Crippen LogP contribution >= 0.6 is 0 Å². The second-order valence-corrected chi connectivity index (χ2v) is 4.42. The van der Waals surface area contributed by atoms with E-state index >= 15 is 0 Å². The van der Waals surface area contributed by atoms with Gasteiger partial charge in [-0.05, 0) is 12.5 Å². The van der Waals surface area contributed by atoms with Gasteiger partial charge in [-0.2, -0.15) is 0 Å². The Labute approximate surface area is 101 Å². The van der Waals surface area contributed by atoms with E-state index in [9.17, 15) is 4.79 Å². The average Bonchev–Trinajstić information content (AvgIpc) is 2.78. The predicted octanol–water partition coefficient (Wildman–Crippen LogP) is 1.41. The van der Waals surface area contributed by atoms with E-state index in [0.717, 1.165) is 5.56 Å². The Bertz CT molecular complexity index is 385. The van der Waals surface area contributed by atoms with Crippen LogP contribution in [0.25, 0.3) is 0 Å². The quantitative estimate of drug-likeness (QED) is 0.805. The van der Waals surface area contributed by atoms with Crippen molar-refractivity contribution in [3.63, 3.8) is 0 Å². The summed E-state index contributed by atoms with van der Waals surface area (Å²) in [5, 5.41) is 0. The first kappa shape index (κ1) is 12.1. The standard InChI is InChI=1S/C13H17NO3/c1-10(11-5-3-2-4-6-11)17-12(15)13(14)7-8-16-9-13/h2-6,10H,7-9,14H2,1H3. The zero-order valence-corrected chi connectivity index (χ0v) is 9.89. The summed E-state index contributed by atoms with van der Waals surface area (Å²) in [5.41, 5.74) is 5.92. The van der Waals surface area contributed by atoms with Gasteiger partial charge in [0.1, 0.15) is 11.6 Å². The van der Waals surface area contributed by atoms with Crippen LogP contribution in [0.1, 0.15) is 25.0 Å². The lowest BCUT2D eigenvalue weighted by Crippen LogP contribution is -2.49. The average molecular weight is 235 g/mol. The van der Waals surface area contributed by atoms with Crippen LogP contribution in [0.4, 0.5) is 0 Å². The lowest BCUT2D eigenvalue weighted by Gasteiger charge is -2.22. The molecule has 2 atom stereocenters. The minimum Gasteiger partial charge on any atom is -0.456 e. The molecule has 2 rings (SSSR count). The number of rotatable bonds is 3. The summed E-state index contributed by atoms with van der Waals surface area (Å²) in [6, 6.07) is 9.60. The van der Waals surface area contributed by atoms with E-state index in [1.165, 1.54) is 0 Å². The Hall–Kier alpha value is -1.39. The molecule has 1 heterocycles. The third-order valence-electron chi connectivity index (χ3n) is 3.01. The molecule has 1 aliphatic heterocycles. The fourth-order valence-corrected chi connectivity index (χ4v) is 1.81. The first-order chi connectivity index (χ1) is 8.12. The van der Waals surface area contributed by atoms with Crippen LogP contribution in [0.15, 0.2) is 30.3 Å². The molecular formula is C13H17NO3. The Morgan fingerprint density at radius 1 is 1.47 bits per heavy atom. The number of hydrogen-bond donors (Lipinski definition) is 1. The number of nitrogens with two attached hydrogens (primary N) is 1. The second-order valence-electron chi connectivity index (χ2n) is 4.42. The van der Waals surface area contributed by atoms with E-state index in [2.05, 4.69) is 0 Å². The van der Waals surface area contributed by atoms with Crippen LogP contribution in [0.2, 0.25) is 0 Å². The molecule has 4 nitrogen and oxygen atoms in total. The Morgan fingerprint density at radius 3 is 2.76 bits per heavy atom. The third kappa shape index (κ3) is 2.65. The van der Waals surface area contributed by atoms with Crippen molar-refractivity contribution in [2.75, 3.05) is 13.2 Å². The zero-order valence-electron chi connectivity index (χ0n) is 9.89. The van der Waals surface area contributed by atoms with Gasteiger partial charge in [0, 0.05) is 13.0 Å².